The summed E-state index contributed by atoms with van der Waals surface area (Å²) in [5.41, 5.74) is 2.48. The van der Waals surface area contributed by atoms with E-state index in [2.05, 4.69) is 10.1 Å². The summed E-state index contributed by atoms with van der Waals surface area (Å²) in [6.45, 7) is 5.45. The molecule has 0 aliphatic rings. The van der Waals surface area contributed by atoms with Crippen LogP contribution in [0.25, 0.3) is 0 Å². The third-order valence-electron chi connectivity index (χ3n) is 1.94. The lowest BCUT2D eigenvalue weighted by atomic mass is 10.2. The molecule has 0 unspecified atom stereocenters. The maximum Gasteiger partial charge on any atom is 0.450 e. The highest BCUT2D eigenvalue weighted by molar-refractivity contribution is 5.89. The lowest BCUT2D eigenvalue weighted by Crippen LogP contribution is -2.34. The minimum Gasteiger partial charge on any atom is -0.263 e. The molecular formula is C11H20F3N3. The van der Waals surface area contributed by atoms with Crippen LogP contribution in [0.2, 0.25) is 0 Å². The second-order valence-electron chi connectivity index (χ2n) is 3.96. The summed E-state index contributed by atoms with van der Waals surface area (Å²) in [7, 11) is 0. The maximum absolute atomic E-state index is 12.5. The molecule has 3 nitrogen and oxygen atoms in total. The molecule has 0 saturated carbocycles. The van der Waals surface area contributed by atoms with Crippen LogP contribution in [-0.4, -0.2) is 24.3 Å². The van der Waals surface area contributed by atoms with Crippen molar-refractivity contribution >= 4 is 11.5 Å². The van der Waals surface area contributed by atoms with E-state index in [1.807, 2.05) is 12.3 Å². The normalized spacial score (nSPS) is 12.5. The molecule has 0 saturated heterocycles. The molecule has 0 bridgehead atoms. The van der Waals surface area contributed by atoms with Gasteiger partial charge in [0, 0.05) is 12.3 Å². The van der Waals surface area contributed by atoms with Crippen LogP contribution in [0.5, 0.6) is 0 Å². The second-order valence-corrected chi connectivity index (χ2v) is 3.96. The number of rotatable bonds is 6. The number of amidine groups is 1. The predicted octanol–water partition coefficient (Wildman–Crippen LogP) is 3.51. The number of halogens is 3. The van der Waals surface area contributed by atoms with E-state index in [9.17, 15) is 13.2 Å². The zero-order chi connectivity index (χ0) is 13.3. The highest BCUT2D eigenvalue weighted by Gasteiger charge is 2.35. The molecule has 0 heterocycles. The van der Waals surface area contributed by atoms with Gasteiger partial charge < -0.3 is 0 Å². The Kier molecular flexibility index (Phi) is 7.58. The number of unbranched alkanes of at least 4 members (excludes halogenated alkanes) is 3. The molecule has 1 N–H and O–H groups in total. The van der Waals surface area contributed by atoms with Gasteiger partial charge in [-0.05, 0) is 20.3 Å². The highest BCUT2D eigenvalue weighted by atomic mass is 19.4. The Morgan fingerprint density at radius 2 is 1.76 bits per heavy atom. The molecule has 6 heteroatoms. The Labute approximate surface area is 100 Å². The highest BCUT2D eigenvalue weighted by Crippen LogP contribution is 2.16. The molecule has 0 radical (unpaired) electrons. The van der Waals surface area contributed by atoms with Crippen LogP contribution < -0.4 is 5.43 Å². The van der Waals surface area contributed by atoms with E-state index in [-0.39, 0.29) is 6.54 Å². The Morgan fingerprint density at radius 3 is 2.24 bits per heavy atom. The van der Waals surface area contributed by atoms with Gasteiger partial charge in [0.25, 0.3) is 0 Å². The topological polar surface area (TPSA) is 36.8 Å². The quantitative estimate of drug-likeness (QED) is 0.333. The van der Waals surface area contributed by atoms with Gasteiger partial charge in [-0.1, -0.05) is 26.2 Å². The number of nitrogens with one attached hydrogen (secondary N) is 1. The summed E-state index contributed by atoms with van der Waals surface area (Å²) in [5.74, 6) is -1.02. The number of hydrazone groups is 1. The predicted molar refractivity (Wildman–Crippen MR) is 64.4 cm³/mol. The van der Waals surface area contributed by atoms with Crippen LogP contribution in [0, 0.1) is 0 Å². The van der Waals surface area contributed by atoms with E-state index in [1.165, 1.54) is 0 Å². The van der Waals surface area contributed by atoms with Gasteiger partial charge in [-0.3, -0.25) is 10.4 Å². The van der Waals surface area contributed by atoms with Gasteiger partial charge in [-0.25, -0.2) is 0 Å². The van der Waals surface area contributed by atoms with Crippen molar-refractivity contribution in [1.82, 2.24) is 5.43 Å². The minimum absolute atomic E-state index is 0.181. The third kappa shape index (κ3) is 8.71. The van der Waals surface area contributed by atoms with E-state index >= 15 is 0 Å². The Balaban J connectivity index is 4.28. The molecule has 0 aromatic carbocycles. The number of hydrogen-bond acceptors (Lipinski definition) is 2. The molecule has 0 rings (SSSR count). The molecular weight excluding hydrogens is 231 g/mol. The first-order valence-corrected chi connectivity index (χ1v) is 5.76. The van der Waals surface area contributed by atoms with E-state index in [4.69, 9.17) is 0 Å². The van der Waals surface area contributed by atoms with Gasteiger partial charge in [0.2, 0.25) is 5.84 Å². The number of nitrogens with zero attached hydrogens (tertiary/aromatic N) is 2. The molecule has 0 spiro atoms. The fraction of sp³-hybridized carbons (Fsp3) is 0.818. The SMILES string of the molecule is CCCCCCN=C(NN=C(C)C)C(F)(F)F. The molecule has 0 aromatic rings. The van der Waals surface area contributed by atoms with Crippen LogP contribution in [0.3, 0.4) is 0 Å². The fourth-order valence-electron chi connectivity index (χ4n) is 1.08. The van der Waals surface area contributed by atoms with Gasteiger partial charge in [-0.2, -0.15) is 18.3 Å². The van der Waals surface area contributed by atoms with Crippen molar-refractivity contribution in [3.63, 3.8) is 0 Å². The zero-order valence-electron chi connectivity index (χ0n) is 10.6. The number of hydrogen-bond donors (Lipinski definition) is 1. The van der Waals surface area contributed by atoms with Crippen LogP contribution in [0.15, 0.2) is 10.1 Å². The monoisotopic (exact) mass is 251 g/mol. The lowest BCUT2D eigenvalue weighted by Gasteiger charge is -2.09. The van der Waals surface area contributed by atoms with Crippen molar-refractivity contribution in [1.29, 1.82) is 0 Å². The van der Waals surface area contributed by atoms with Crippen molar-refractivity contribution < 1.29 is 13.2 Å². The smallest absolute Gasteiger partial charge is 0.263 e. The molecule has 0 amide bonds. The second kappa shape index (κ2) is 8.08. The Morgan fingerprint density at radius 1 is 1.12 bits per heavy atom. The molecule has 17 heavy (non-hydrogen) atoms. The summed E-state index contributed by atoms with van der Waals surface area (Å²) in [5, 5.41) is 3.52. The van der Waals surface area contributed by atoms with Crippen LogP contribution >= 0.6 is 0 Å². The summed E-state index contributed by atoms with van der Waals surface area (Å²) in [6.07, 6.45) is -0.821. The zero-order valence-corrected chi connectivity index (χ0v) is 10.6. The van der Waals surface area contributed by atoms with Crippen LogP contribution in [-0.2, 0) is 0 Å². The first-order valence-electron chi connectivity index (χ1n) is 5.76. The lowest BCUT2D eigenvalue weighted by molar-refractivity contribution is -0.0619. The van der Waals surface area contributed by atoms with Gasteiger partial charge in [-0.15, -0.1) is 0 Å². The van der Waals surface area contributed by atoms with E-state index in [0.717, 1.165) is 19.3 Å². The van der Waals surface area contributed by atoms with Gasteiger partial charge in [0.1, 0.15) is 0 Å². The summed E-state index contributed by atoms with van der Waals surface area (Å²) in [4.78, 5) is 3.51. The van der Waals surface area contributed by atoms with Gasteiger partial charge in [0.05, 0.1) is 0 Å². The molecule has 100 valence electrons. The minimum atomic E-state index is -4.47. The molecule has 0 atom stereocenters. The third-order valence-corrected chi connectivity index (χ3v) is 1.94. The van der Waals surface area contributed by atoms with E-state index < -0.39 is 12.0 Å². The average Bonchev–Trinajstić information content (AvgIpc) is 2.19. The van der Waals surface area contributed by atoms with Crippen molar-refractivity contribution in [2.24, 2.45) is 10.1 Å². The van der Waals surface area contributed by atoms with Crippen molar-refractivity contribution in [3.05, 3.63) is 0 Å². The maximum atomic E-state index is 12.5. The Hall–Kier alpha value is -1.07. The summed E-state index contributed by atoms with van der Waals surface area (Å²) < 4.78 is 37.4. The van der Waals surface area contributed by atoms with Crippen molar-refractivity contribution in [3.8, 4) is 0 Å². The summed E-state index contributed by atoms with van der Waals surface area (Å²) in [6, 6.07) is 0. The number of alkyl halides is 3. The Bertz CT molecular complexity index is 266. The molecule has 0 aliphatic heterocycles. The first-order chi connectivity index (χ1) is 7.88. The number of aliphatic imine (C=N–C) groups is 1. The van der Waals surface area contributed by atoms with Crippen molar-refractivity contribution in [2.75, 3.05) is 6.54 Å². The first kappa shape index (κ1) is 15.9. The fourth-order valence-corrected chi connectivity index (χ4v) is 1.08. The van der Waals surface area contributed by atoms with Gasteiger partial charge in [0.15, 0.2) is 0 Å². The average molecular weight is 251 g/mol. The largest absolute Gasteiger partial charge is 0.450 e. The molecule has 0 fully saturated rings. The molecule has 0 aromatic heterocycles. The van der Waals surface area contributed by atoms with E-state index in [1.54, 1.807) is 13.8 Å². The van der Waals surface area contributed by atoms with Crippen molar-refractivity contribution in [2.45, 2.75) is 52.6 Å². The van der Waals surface area contributed by atoms with Crippen LogP contribution in [0.1, 0.15) is 46.5 Å². The standard InChI is InChI=1S/C11H20F3N3/c1-4-5-6-7-8-15-10(11(12,13)14)17-16-9(2)3/h4-8H2,1-3H3,(H,15,17). The molecule has 0 aliphatic carbocycles. The van der Waals surface area contributed by atoms with Crippen LogP contribution in [0.4, 0.5) is 13.2 Å². The van der Waals surface area contributed by atoms with E-state index in [0.29, 0.717) is 12.1 Å². The van der Waals surface area contributed by atoms with Gasteiger partial charge >= 0.3 is 6.18 Å². The summed E-state index contributed by atoms with van der Waals surface area (Å²) >= 11 is 0.